The molecule has 1 N–H and O–H groups in total. The molecule has 0 bridgehead atoms. The van der Waals surface area contributed by atoms with Crippen molar-refractivity contribution in [3.8, 4) is 0 Å². The van der Waals surface area contributed by atoms with Gasteiger partial charge in [0.15, 0.2) is 5.65 Å². The first-order chi connectivity index (χ1) is 15.6. The molecule has 0 saturated carbocycles. The number of fused-ring (bicyclic) bond motifs is 1. The van der Waals surface area contributed by atoms with Crippen molar-refractivity contribution in [3.05, 3.63) is 52.4 Å². The van der Waals surface area contributed by atoms with Gasteiger partial charge in [0.05, 0.1) is 12.3 Å². The first-order valence-electron chi connectivity index (χ1n) is 11.0. The van der Waals surface area contributed by atoms with E-state index in [1.54, 1.807) is 6.07 Å². The lowest BCUT2D eigenvalue weighted by Gasteiger charge is -2.18. The maximum absolute atomic E-state index is 12.6. The van der Waals surface area contributed by atoms with Crippen LogP contribution in [-0.4, -0.2) is 48.2 Å². The lowest BCUT2D eigenvalue weighted by molar-refractivity contribution is 0.0977. The van der Waals surface area contributed by atoms with Crippen LogP contribution >= 0.6 is 11.6 Å². The number of anilines is 1. The zero-order chi connectivity index (χ0) is 24.2. The lowest BCUT2D eigenvalue weighted by Crippen LogP contribution is -2.33. The quantitative estimate of drug-likeness (QED) is 0.428. The SMILES string of the molecule is CCCCCS(=O)(=O)NC(=O)c1ccc2nc(C)n(Cc3ccc(N(C)CC)cc3Cl)c2n1. The Morgan fingerprint density at radius 2 is 1.91 bits per heavy atom. The van der Waals surface area contributed by atoms with E-state index < -0.39 is 15.9 Å². The summed E-state index contributed by atoms with van der Waals surface area (Å²) in [6, 6.07) is 9.05. The number of pyridine rings is 1. The zero-order valence-electron chi connectivity index (χ0n) is 19.4. The molecular weight excluding hydrogens is 462 g/mol. The van der Waals surface area contributed by atoms with Crippen molar-refractivity contribution < 1.29 is 13.2 Å². The topological polar surface area (TPSA) is 97.2 Å². The zero-order valence-corrected chi connectivity index (χ0v) is 21.0. The number of aromatic nitrogens is 3. The number of hydrogen-bond acceptors (Lipinski definition) is 6. The summed E-state index contributed by atoms with van der Waals surface area (Å²) in [7, 11) is -1.71. The Morgan fingerprint density at radius 3 is 2.58 bits per heavy atom. The third-order valence-corrected chi connectivity index (χ3v) is 7.24. The first-order valence-corrected chi connectivity index (χ1v) is 13.1. The third-order valence-electron chi connectivity index (χ3n) is 5.56. The van der Waals surface area contributed by atoms with Gasteiger partial charge in [-0.05, 0) is 50.1 Å². The Labute approximate surface area is 200 Å². The molecule has 10 heteroatoms. The smallest absolute Gasteiger partial charge is 0.283 e. The van der Waals surface area contributed by atoms with Gasteiger partial charge in [-0.2, -0.15) is 0 Å². The van der Waals surface area contributed by atoms with Crippen LogP contribution < -0.4 is 9.62 Å². The summed E-state index contributed by atoms with van der Waals surface area (Å²) in [5.41, 5.74) is 3.05. The molecule has 0 aliphatic heterocycles. The van der Waals surface area contributed by atoms with Crippen LogP contribution in [0.25, 0.3) is 11.2 Å². The van der Waals surface area contributed by atoms with Crippen LogP contribution in [0, 0.1) is 6.92 Å². The van der Waals surface area contributed by atoms with Crippen LogP contribution in [0.15, 0.2) is 30.3 Å². The van der Waals surface area contributed by atoms with Crippen molar-refractivity contribution in [3.63, 3.8) is 0 Å². The summed E-state index contributed by atoms with van der Waals surface area (Å²) in [5, 5.41) is 0.626. The summed E-state index contributed by atoms with van der Waals surface area (Å²) in [5.74, 6) is -0.120. The number of hydrogen-bond donors (Lipinski definition) is 1. The van der Waals surface area contributed by atoms with E-state index >= 15 is 0 Å². The van der Waals surface area contributed by atoms with E-state index in [1.807, 2.05) is 43.7 Å². The van der Waals surface area contributed by atoms with Crippen LogP contribution in [-0.2, 0) is 16.6 Å². The van der Waals surface area contributed by atoms with Crippen molar-refractivity contribution in [2.45, 2.75) is 46.6 Å². The minimum atomic E-state index is -3.71. The van der Waals surface area contributed by atoms with Gasteiger partial charge in [0.25, 0.3) is 5.91 Å². The molecule has 0 spiro atoms. The van der Waals surface area contributed by atoms with Gasteiger partial charge in [0.2, 0.25) is 10.0 Å². The van der Waals surface area contributed by atoms with Crippen LogP contribution in [0.1, 0.15) is 55.0 Å². The summed E-state index contributed by atoms with van der Waals surface area (Å²) in [4.78, 5) is 23.6. The van der Waals surface area contributed by atoms with E-state index in [0.29, 0.717) is 35.0 Å². The van der Waals surface area contributed by atoms with Gasteiger partial charge >= 0.3 is 0 Å². The molecule has 0 unspecified atom stereocenters. The molecule has 33 heavy (non-hydrogen) atoms. The number of benzene rings is 1. The molecule has 0 fully saturated rings. The molecule has 2 aromatic heterocycles. The van der Waals surface area contributed by atoms with Crippen molar-refractivity contribution in [2.75, 3.05) is 24.2 Å². The molecule has 0 radical (unpaired) electrons. The number of nitrogens with one attached hydrogen (secondary N) is 1. The molecule has 3 rings (SSSR count). The highest BCUT2D eigenvalue weighted by atomic mass is 35.5. The van der Waals surface area contributed by atoms with E-state index in [0.717, 1.165) is 30.6 Å². The fraction of sp³-hybridized carbons (Fsp3) is 0.435. The number of aryl methyl sites for hydroxylation is 1. The number of nitrogens with zero attached hydrogens (tertiary/aromatic N) is 4. The summed E-state index contributed by atoms with van der Waals surface area (Å²) in [6.07, 6.45) is 2.19. The molecule has 2 heterocycles. The second kappa shape index (κ2) is 10.5. The second-order valence-corrected chi connectivity index (χ2v) is 10.3. The van der Waals surface area contributed by atoms with Crippen LogP contribution in [0.5, 0.6) is 0 Å². The number of carbonyl (C=O) groups excluding carboxylic acids is 1. The number of rotatable bonds is 10. The summed E-state index contributed by atoms with van der Waals surface area (Å²) < 4.78 is 28.4. The van der Waals surface area contributed by atoms with Crippen molar-refractivity contribution in [2.24, 2.45) is 0 Å². The van der Waals surface area contributed by atoms with Gasteiger partial charge in [-0.15, -0.1) is 0 Å². The molecular formula is C23H30ClN5O3S. The van der Waals surface area contributed by atoms with E-state index in [1.165, 1.54) is 6.07 Å². The maximum Gasteiger partial charge on any atom is 0.283 e. The molecule has 3 aromatic rings. The molecule has 8 nitrogen and oxygen atoms in total. The molecule has 1 aromatic carbocycles. The average Bonchev–Trinajstić information content (AvgIpc) is 3.08. The predicted octanol–water partition coefficient (Wildman–Crippen LogP) is 4.15. The fourth-order valence-electron chi connectivity index (χ4n) is 3.47. The fourth-order valence-corrected chi connectivity index (χ4v) is 4.78. The maximum atomic E-state index is 12.6. The number of amides is 1. The van der Waals surface area contributed by atoms with Crippen LogP contribution in [0.3, 0.4) is 0 Å². The van der Waals surface area contributed by atoms with E-state index in [-0.39, 0.29) is 11.4 Å². The third kappa shape index (κ3) is 6.03. The largest absolute Gasteiger partial charge is 0.375 e. The standard InChI is InChI=1S/C23H30ClN5O3S/c1-5-7-8-13-33(31,32)27-23(30)21-12-11-20-22(26-21)29(16(3)25-20)15-17-9-10-18(14-19(17)24)28(4)6-2/h9-12,14H,5-8,13,15H2,1-4H3,(H,27,30). The molecule has 0 saturated heterocycles. The Balaban J connectivity index is 1.87. The predicted molar refractivity (Wildman–Crippen MR) is 133 cm³/mol. The van der Waals surface area contributed by atoms with E-state index in [2.05, 4.69) is 26.5 Å². The van der Waals surface area contributed by atoms with Gasteiger partial charge in [-0.25, -0.2) is 23.1 Å². The number of unbranched alkanes of at least 4 members (excludes halogenated alkanes) is 2. The first kappa shape index (κ1) is 25.0. The van der Waals surface area contributed by atoms with Crippen molar-refractivity contribution in [1.82, 2.24) is 19.3 Å². The highest BCUT2D eigenvalue weighted by molar-refractivity contribution is 7.90. The van der Waals surface area contributed by atoms with Gasteiger partial charge in [0.1, 0.15) is 17.0 Å². The summed E-state index contributed by atoms with van der Waals surface area (Å²) in [6.45, 7) is 7.20. The van der Waals surface area contributed by atoms with Crippen molar-refractivity contribution in [1.29, 1.82) is 0 Å². The number of carbonyl (C=O) groups is 1. The van der Waals surface area contributed by atoms with Crippen molar-refractivity contribution >= 4 is 44.4 Å². The highest BCUT2D eigenvalue weighted by Crippen LogP contribution is 2.25. The number of halogens is 1. The Hall–Kier alpha value is -2.65. The van der Waals surface area contributed by atoms with Gasteiger partial charge in [0, 0.05) is 24.3 Å². The number of sulfonamides is 1. The second-order valence-electron chi connectivity index (χ2n) is 8.03. The number of imidazole rings is 1. The Bertz CT molecular complexity index is 1260. The molecule has 1 amide bonds. The van der Waals surface area contributed by atoms with E-state index in [4.69, 9.17) is 11.6 Å². The Morgan fingerprint density at radius 1 is 1.15 bits per heavy atom. The van der Waals surface area contributed by atoms with Gasteiger partial charge in [-0.3, -0.25) is 4.79 Å². The minimum Gasteiger partial charge on any atom is -0.375 e. The molecule has 178 valence electrons. The monoisotopic (exact) mass is 491 g/mol. The Kier molecular flexibility index (Phi) is 7.97. The van der Waals surface area contributed by atoms with Crippen LogP contribution in [0.4, 0.5) is 5.69 Å². The molecule has 0 atom stereocenters. The normalized spacial score (nSPS) is 11.7. The summed E-state index contributed by atoms with van der Waals surface area (Å²) >= 11 is 6.55. The van der Waals surface area contributed by atoms with Gasteiger partial charge in [-0.1, -0.05) is 37.4 Å². The van der Waals surface area contributed by atoms with Gasteiger partial charge < -0.3 is 9.47 Å². The highest BCUT2D eigenvalue weighted by Gasteiger charge is 2.19. The lowest BCUT2D eigenvalue weighted by atomic mass is 10.2. The molecule has 0 aliphatic rings. The van der Waals surface area contributed by atoms with Crippen LogP contribution in [0.2, 0.25) is 5.02 Å². The van der Waals surface area contributed by atoms with E-state index in [9.17, 15) is 13.2 Å². The molecule has 0 aliphatic carbocycles. The average molecular weight is 492 g/mol. The minimum absolute atomic E-state index is 0.0220.